The van der Waals surface area contributed by atoms with Gasteiger partial charge in [-0.15, -0.1) is 0 Å². The summed E-state index contributed by atoms with van der Waals surface area (Å²) in [6.07, 6.45) is 0. The second-order valence-electron chi connectivity index (χ2n) is 4.99. The molecule has 25 heavy (non-hydrogen) atoms. The van der Waals surface area contributed by atoms with Crippen molar-refractivity contribution in [1.29, 1.82) is 0 Å². The Morgan fingerprint density at radius 2 is 1.76 bits per heavy atom. The number of carbonyl (C=O) groups excluding carboxylic acids is 2. The maximum atomic E-state index is 13.9. The molecule has 0 aliphatic rings. The normalized spacial score (nSPS) is 11.0. The quantitative estimate of drug-likeness (QED) is 0.647. The first kappa shape index (κ1) is 18.5. The molecule has 2 rings (SSSR count). The minimum absolute atomic E-state index is 0.151. The molecule has 0 saturated carbocycles. The highest BCUT2D eigenvalue weighted by Gasteiger charge is 2.21. The molecule has 2 aromatic carbocycles. The van der Waals surface area contributed by atoms with E-state index in [1.54, 1.807) is 0 Å². The van der Waals surface area contributed by atoms with Crippen LogP contribution in [0.2, 0.25) is 0 Å². The molecule has 0 aromatic heterocycles. The number of anilines is 1. The minimum Gasteiger partial charge on any atom is -0.465 e. The van der Waals surface area contributed by atoms with Crippen LogP contribution in [0.25, 0.3) is 0 Å². The zero-order valence-electron chi connectivity index (χ0n) is 13.2. The van der Waals surface area contributed by atoms with Gasteiger partial charge < -0.3 is 4.74 Å². The van der Waals surface area contributed by atoms with Gasteiger partial charge in [-0.05, 0) is 25.1 Å². The maximum Gasteiger partial charge on any atom is 0.340 e. The molecule has 1 N–H and O–H groups in total. The summed E-state index contributed by atoms with van der Waals surface area (Å²) in [7, 11) is -3.27. The lowest BCUT2D eigenvalue weighted by molar-refractivity contribution is 0.0595. The van der Waals surface area contributed by atoms with E-state index in [2.05, 4.69) is 4.74 Å². The number of Topliss-reactive ketones (excluding diaryl/α,β-unsaturated/α-hetero) is 1. The third kappa shape index (κ3) is 4.00. The van der Waals surface area contributed by atoms with Gasteiger partial charge >= 0.3 is 5.97 Å². The molecule has 0 bridgehead atoms. The van der Waals surface area contributed by atoms with E-state index >= 15 is 0 Å². The molecule has 9 heteroatoms. The largest absolute Gasteiger partial charge is 0.465 e. The monoisotopic (exact) mass is 369 g/mol. The maximum absolute atomic E-state index is 13.9. The summed E-state index contributed by atoms with van der Waals surface area (Å²) in [5.41, 5.74) is -1.10. The zero-order valence-corrected chi connectivity index (χ0v) is 14.0. The van der Waals surface area contributed by atoms with Crippen molar-refractivity contribution in [3.05, 3.63) is 59.2 Å². The molecule has 0 amide bonds. The van der Waals surface area contributed by atoms with Gasteiger partial charge in [0.1, 0.15) is 11.6 Å². The van der Waals surface area contributed by atoms with Gasteiger partial charge in [0.15, 0.2) is 5.78 Å². The number of hydrogen-bond donors (Lipinski definition) is 1. The van der Waals surface area contributed by atoms with Crippen LogP contribution in [0.5, 0.6) is 0 Å². The summed E-state index contributed by atoms with van der Waals surface area (Å²) in [6, 6.07) is 6.17. The number of halogens is 2. The van der Waals surface area contributed by atoms with Crippen LogP contribution in [0.4, 0.5) is 14.5 Å². The third-order valence-corrected chi connectivity index (χ3v) is 4.62. The summed E-state index contributed by atoms with van der Waals surface area (Å²) in [4.78, 5) is 22.5. The molecular formula is C16H13F2NO5S. The molecule has 132 valence electrons. The Bertz CT molecular complexity index is 957. The highest BCUT2D eigenvalue weighted by Crippen LogP contribution is 2.24. The van der Waals surface area contributed by atoms with E-state index in [1.807, 2.05) is 4.72 Å². The van der Waals surface area contributed by atoms with Gasteiger partial charge in [0.2, 0.25) is 0 Å². The van der Waals surface area contributed by atoms with Crippen LogP contribution in [0.1, 0.15) is 27.6 Å². The lowest BCUT2D eigenvalue weighted by Crippen LogP contribution is -2.16. The molecule has 0 saturated heterocycles. The van der Waals surface area contributed by atoms with Gasteiger partial charge in [-0.1, -0.05) is 12.1 Å². The second kappa shape index (κ2) is 6.98. The summed E-state index contributed by atoms with van der Waals surface area (Å²) in [6.45, 7) is 1.27. The summed E-state index contributed by atoms with van der Waals surface area (Å²) in [5.74, 6) is -3.84. The van der Waals surface area contributed by atoms with Crippen LogP contribution in [-0.4, -0.2) is 27.3 Å². The van der Waals surface area contributed by atoms with E-state index in [4.69, 9.17) is 0 Å². The number of rotatable bonds is 5. The fourth-order valence-corrected chi connectivity index (χ4v) is 3.08. The molecule has 0 fully saturated rings. The Labute approximate surface area is 142 Å². The molecule has 0 radical (unpaired) electrons. The number of ketones is 1. The van der Waals surface area contributed by atoms with Gasteiger partial charge in [0, 0.05) is 11.6 Å². The zero-order chi connectivity index (χ0) is 18.8. The van der Waals surface area contributed by atoms with Gasteiger partial charge in [-0.2, -0.15) is 0 Å². The number of methoxy groups -OCH3 is 1. The van der Waals surface area contributed by atoms with Crippen LogP contribution in [0, 0.1) is 11.6 Å². The van der Waals surface area contributed by atoms with Crippen LogP contribution in [-0.2, 0) is 14.8 Å². The number of hydrogen-bond acceptors (Lipinski definition) is 5. The topological polar surface area (TPSA) is 89.5 Å². The number of sulfonamides is 1. The molecule has 0 aliphatic heterocycles. The van der Waals surface area contributed by atoms with E-state index in [9.17, 15) is 26.8 Å². The molecule has 6 nitrogen and oxygen atoms in total. The van der Waals surface area contributed by atoms with E-state index in [0.29, 0.717) is 12.1 Å². The Balaban J connectivity index is 2.46. The van der Waals surface area contributed by atoms with E-state index in [0.717, 1.165) is 13.2 Å². The first-order chi connectivity index (χ1) is 11.7. The van der Waals surface area contributed by atoms with Crippen molar-refractivity contribution in [1.82, 2.24) is 0 Å². The SMILES string of the molecule is COC(=O)c1cc(NS(=O)(=O)c2cccc(C(C)=O)c2)c(F)cc1F. The Kier molecular flexibility index (Phi) is 5.17. The molecule has 0 unspecified atom stereocenters. The Morgan fingerprint density at radius 1 is 1.08 bits per heavy atom. The lowest BCUT2D eigenvalue weighted by atomic mass is 10.2. The van der Waals surface area contributed by atoms with Crippen LogP contribution >= 0.6 is 0 Å². The standard InChI is InChI=1S/C16H13F2NO5S/c1-9(20)10-4-3-5-11(6-10)25(22,23)19-15-7-12(16(21)24-2)13(17)8-14(15)18/h3-8,19H,1-2H3. The number of ether oxygens (including phenoxy) is 1. The van der Waals surface area contributed by atoms with Crippen LogP contribution in [0.3, 0.4) is 0 Å². The average molecular weight is 369 g/mol. The molecule has 0 aliphatic carbocycles. The van der Waals surface area contributed by atoms with Crippen LogP contribution in [0.15, 0.2) is 41.3 Å². The smallest absolute Gasteiger partial charge is 0.340 e. The van der Waals surface area contributed by atoms with Gasteiger partial charge in [-0.25, -0.2) is 22.0 Å². The van der Waals surface area contributed by atoms with E-state index in [-0.39, 0.29) is 16.2 Å². The predicted octanol–water partition coefficient (Wildman–Crippen LogP) is 2.75. The molecule has 2 aromatic rings. The molecular weight excluding hydrogens is 356 g/mol. The third-order valence-electron chi connectivity index (χ3n) is 3.26. The first-order valence-electron chi connectivity index (χ1n) is 6.87. The summed E-state index contributed by atoms with van der Waals surface area (Å²) < 4.78 is 58.5. The van der Waals surface area contributed by atoms with Crippen molar-refractivity contribution in [2.45, 2.75) is 11.8 Å². The Morgan fingerprint density at radius 3 is 2.36 bits per heavy atom. The van der Waals surface area contributed by atoms with Crippen LogP contribution < -0.4 is 4.72 Å². The fourth-order valence-electron chi connectivity index (χ4n) is 1.98. The second-order valence-corrected chi connectivity index (χ2v) is 6.68. The van der Waals surface area contributed by atoms with E-state index in [1.165, 1.54) is 25.1 Å². The number of esters is 1. The van der Waals surface area contributed by atoms with Crippen molar-refractivity contribution in [2.75, 3.05) is 11.8 Å². The highest BCUT2D eigenvalue weighted by molar-refractivity contribution is 7.92. The van der Waals surface area contributed by atoms with Crippen molar-refractivity contribution in [3.63, 3.8) is 0 Å². The summed E-state index contributed by atoms with van der Waals surface area (Å²) >= 11 is 0. The fraction of sp³-hybridized carbons (Fsp3) is 0.125. The number of nitrogens with one attached hydrogen (secondary N) is 1. The lowest BCUT2D eigenvalue weighted by Gasteiger charge is -2.11. The Hall–Kier alpha value is -2.81. The highest BCUT2D eigenvalue weighted by atomic mass is 32.2. The van der Waals surface area contributed by atoms with Gasteiger partial charge in [0.05, 0.1) is 23.3 Å². The summed E-state index contributed by atoms with van der Waals surface area (Å²) in [5, 5.41) is 0. The molecule has 0 atom stereocenters. The van der Waals surface area contributed by atoms with Gasteiger partial charge in [0.25, 0.3) is 10.0 Å². The van der Waals surface area contributed by atoms with Crippen molar-refractivity contribution >= 4 is 27.5 Å². The van der Waals surface area contributed by atoms with Crippen molar-refractivity contribution in [2.24, 2.45) is 0 Å². The predicted molar refractivity (Wildman–Crippen MR) is 85.0 cm³/mol. The first-order valence-corrected chi connectivity index (χ1v) is 8.35. The van der Waals surface area contributed by atoms with Crippen molar-refractivity contribution in [3.8, 4) is 0 Å². The van der Waals surface area contributed by atoms with Gasteiger partial charge in [-0.3, -0.25) is 9.52 Å². The number of benzene rings is 2. The van der Waals surface area contributed by atoms with Crippen molar-refractivity contribution < 1.29 is 31.5 Å². The van der Waals surface area contributed by atoms with E-state index < -0.39 is 38.9 Å². The number of carbonyl (C=O) groups is 2. The minimum atomic E-state index is -4.27. The molecule has 0 spiro atoms. The molecule has 0 heterocycles. The average Bonchev–Trinajstić information content (AvgIpc) is 2.56.